The van der Waals surface area contributed by atoms with Crippen molar-refractivity contribution in [3.8, 4) is 0 Å². The van der Waals surface area contributed by atoms with Crippen molar-refractivity contribution >= 4 is 17.9 Å². The van der Waals surface area contributed by atoms with Crippen LogP contribution in [-0.4, -0.2) is 47.5 Å². The Bertz CT molecular complexity index is 473. The second-order valence-electron chi connectivity index (χ2n) is 7.29. The number of nitrogens with one attached hydrogen (secondary N) is 1. The number of unbranched alkanes of at least 4 members (excludes halogenated alkanes) is 3. The Balaban J connectivity index is 0. The van der Waals surface area contributed by atoms with E-state index in [1.165, 1.54) is 30.6 Å². The number of ether oxygens (including phenoxy) is 1. The average molecular weight is 400 g/mol. The lowest BCUT2D eigenvalue weighted by Crippen LogP contribution is -2.48. The van der Waals surface area contributed by atoms with Crippen LogP contribution in [0.4, 0.5) is 4.79 Å². The van der Waals surface area contributed by atoms with Crippen molar-refractivity contribution in [3.05, 3.63) is 12.7 Å². The van der Waals surface area contributed by atoms with Crippen molar-refractivity contribution in [2.45, 2.75) is 91.7 Å². The van der Waals surface area contributed by atoms with Gasteiger partial charge >= 0.3 is 6.09 Å². The number of carbonyl (C=O) groups is 3. The molecule has 0 saturated carbocycles. The Labute approximate surface area is 171 Å². The lowest BCUT2D eigenvalue weighted by molar-refractivity contribution is -0.136. The zero-order valence-electron chi connectivity index (χ0n) is 18.7. The first-order chi connectivity index (χ1) is 13.1. The molecule has 28 heavy (non-hydrogen) atoms. The van der Waals surface area contributed by atoms with Crippen LogP contribution in [0.1, 0.15) is 80.1 Å². The van der Waals surface area contributed by atoms with Gasteiger partial charge in [-0.3, -0.25) is 9.59 Å². The highest BCUT2D eigenvalue weighted by molar-refractivity contribution is 5.89. The highest BCUT2D eigenvalue weighted by Crippen LogP contribution is 2.16. The summed E-state index contributed by atoms with van der Waals surface area (Å²) in [6.45, 7) is 15.3. The Hall–Kier alpha value is -2.05. The third-order valence-corrected chi connectivity index (χ3v) is 3.70. The number of amides is 3. The monoisotopic (exact) mass is 399 g/mol. The standard InChI is InChI=1S/C12H21N3O4.C7H14.C2H6/c1-12(2,3)19-11(18)14-7-9(16)15-6-4-5-8(15)10(13)17;1-3-5-7-6-4-2;1-2/h8H,4-7H2,1-3H3,(H2,13,17)(H,14,18);3H,1,4-7H2,2H3;1-2H3. The van der Waals surface area contributed by atoms with E-state index in [2.05, 4.69) is 18.8 Å². The minimum Gasteiger partial charge on any atom is -0.444 e. The van der Waals surface area contributed by atoms with E-state index < -0.39 is 23.6 Å². The van der Waals surface area contributed by atoms with Gasteiger partial charge in [0.25, 0.3) is 0 Å². The molecule has 0 spiro atoms. The van der Waals surface area contributed by atoms with Gasteiger partial charge in [-0.05, 0) is 46.5 Å². The van der Waals surface area contributed by atoms with E-state index in [1.54, 1.807) is 20.8 Å². The van der Waals surface area contributed by atoms with Crippen molar-refractivity contribution in [1.82, 2.24) is 10.2 Å². The third-order valence-electron chi connectivity index (χ3n) is 3.70. The molecule has 164 valence electrons. The number of allylic oxidation sites excluding steroid dienone is 1. The van der Waals surface area contributed by atoms with E-state index in [9.17, 15) is 14.4 Å². The number of hydrogen-bond donors (Lipinski definition) is 2. The first kappa shape index (κ1) is 28.2. The van der Waals surface area contributed by atoms with Crippen LogP contribution in [0.3, 0.4) is 0 Å². The van der Waals surface area contributed by atoms with Gasteiger partial charge in [0, 0.05) is 6.54 Å². The van der Waals surface area contributed by atoms with Gasteiger partial charge in [-0.1, -0.05) is 39.7 Å². The molecule has 3 amide bonds. The van der Waals surface area contributed by atoms with Crippen LogP contribution in [0.15, 0.2) is 12.7 Å². The molecule has 1 atom stereocenters. The summed E-state index contributed by atoms with van der Waals surface area (Å²) in [6.07, 6.45) is 7.82. The van der Waals surface area contributed by atoms with Crippen LogP contribution in [-0.2, 0) is 14.3 Å². The second-order valence-corrected chi connectivity index (χ2v) is 7.29. The molecule has 0 aromatic carbocycles. The van der Waals surface area contributed by atoms with Crippen molar-refractivity contribution < 1.29 is 19.1 Å². The van der Waals surface area contributed by atoms with Gasteiger partial charge in [-0.15, -0.1) is 6.58 Å². The molecule has 1 unspecified atom stereocenters. The normalized spacial score (nSPS) is 15.4. The average Bonchev–Trinajstić information content (AvgIpc) is 3.11. The second kappa shape index (κ2) is 16.0. The number of carbonyl (C=O) groups excluding carboxylic acids is 3. The number of nitrogens with zero attached hydrogens (tertiary/aromatic N) is 1. The minimum atomic E-state index is -0.657. The molecular formula is C21H41N3O4. The van der Waals surface area contributed by atoms with Crippen LogP contribution in [0.2, 0.25) is 0 Å². The van der Waals surface area contributed by atoms with Crippen LogP contribution in [0, 0.1) is 0 Å². The molecule has 0 aliphatic carbocycles. The fraction of sp³-hybridized carbons (Fsp3) is 0.762. The summed E-state index contributed by atoms with van der Waals surface area (Å²) in [5.41, 5.74) is 4.61. The van der Waals surface area contributed by atoms with Crippen LogP contribution in [0.25, 0.3) is 0 Å². The summed E-state index contributed by atoms with van der Waals surface area (Å²) in [7, 11) is 0. The lowest BCUT2D eigenvalue weighted by Gasteiger charge is -2.23. The molecule has 1 aliphatic heterocycles. The summed E-state index contributed by atoms with van der Waals surface area (Å²) >= 11 is 0. The van der Waals surface area contributed by atoms with Crippen LogP contribution in [0.5, 0.6) is 0 Å². The van der Waals surface area contributed by atoms with E-state index >= 15 is 0 Å². The molecule has 3 N–H and O–H groups in total. The van der Waals surface area contributed by atoms with Crippen molar-refractivity contribution in [3.63, 3.8) is 0 Å². The van der Waals surface area contributed by atoms with Gasteiger partial charge < -0.3 is 20.7 Å². The van der Waals surface area contributed by atoms with E-state index in [0.29, 0.717) is 13.0 Å². The summed E-state index contributed by atoms with van der Waals surface area (Å²) in [6, 6.07) is -0.562. The van der Waals surface area contributed by atoms with Crippen molar-refractivity contribution in [1.29, 1.82) is 0 Å². The lowest BCUT2D eigenvalue weighted by atomic mass is 10.2. The molecule has 1 aliphatic rings. The molecule has 0 radical (unpaired) electrons. The molecule has 0 bridgehead atoms. The highest BCUT2D eigenvalue weighted by Gasteiger charge is 2.32. The number of likely N-dealkylation sites (tertiary alicyclic amines) is 1. The molecule has 7 heteroatoms. The summed E-state index contributed by atoms with van der Waals surface area (Å²) in [4.78, 5) is 35.8. The number of hydrogen-bond acceptors (Lipinski definition) is 4. The maximum absolute atomic E-state index is 11.9. The van der Waals surface area contributed by atoms with Crippen molar-refractivity contribution in [2.75, 3.05) is 13.1 Å². The molecule has 0 aromatic rings. The van der Waals surface area contributed by atoms with Crippen LogP contribution >= 0.6 is 0 Å². The molecule has 1 heterocycles. The molecular weight excluding hydrogens is 358 g/mol. The Morgan fingerprint density at radius 1 is 1.25 bits per heavy atom. The number of primary amides is 1. The van der Waals surface area contributed by atoms with E-state index in [4.69, 9.17) is 10.5 Å². The van der Waals surface area contributed by atoms with Crippen molar-refractivity contribution in [2.24, 2.45) is 5.73 Å². The van der Waals surface area contributed by atoms with Gasteiger partial charge in [0.1, 0.15) is 18.2 Å². The largest absolute Gasteiger partial charge is 0.444 e. The molecule has 7 nitrogen and oxygen atoms in total. The third kappa shape index (κ3) is 14.1. The first-order valence-corrected chi connectivity index (χ1v) is 10.3. The summed E-state index contributed by atoms with van der Waals surface area (Å²) < 4.78 is 5.01. The van der Waals surface area contributed by atoms with Gasteiger partial charge in [0.2, 0.25) is 11.8 Å². The summed E-state index contributed by atoms with van der Waals surface area (Å²) in [5, 5.41) is 2.37. The Morgan fingerprint density at radius 2 is 1.86 bits per heavy atom. The molecule has 1 fully saturated rings. The summed E-state index contributed by atoms with van der Waals surface area (Å²) in [5.74, 6) is -0.838. The number of alkyl carbamates (subject to hydrolysis) is 1. The quantitative estimate of drug-likeness (QED) is 0.502. The maximum Gasteiger partial charge on any atom is 0.408 e. The Morgan fingerprint density at radius 3 is 2.32 bits per heavy atom. The van der Waals surface area contributed by atoms with Gasteiger partial charge in [-0.25, -0.2) is 4.79 Å². The SMILES string of the molecule is C=CCCCCC.CC.CC(C)(C)OC(=O)NCC(=O)N1CCCC1C(N)=O. The zero-order chi connectivity index (χ0) is 22.2. The molecule has 1 saturated heterocycles. The maximum atomic E-state index is 11.9. The van der Waals surface area contributed by atoms with Gasteiger partial charge in [-0.2, -0.15) is 0 Å². The highest BCUT2D eigenvalue weighted by atomic mass is 16.6. The Kier molecular flexibility index (Phi) is 16.0. The van der Waals surface area contributed by atoms with Crippen LogP contribution < -0.4 is 11.1 Å². The van der Waals surface area contributed by atoms with Gasteiger partial charge in [0.15, 0.2) is 0 Å². The fourth-order valence-electron chi connectivity index (χ4n) is 2.46. The van der Waals surface area contributed by atoms with E-state index in [1.807, 2.05) is 19.9 Å². The predicted molar refractivity (Wildman–Crippen MR) is 114 cm³/mol. The van der Waals surface area contributed by atoms with E-state index in [-0.39, 0.29) is 12.5 Å². The number of nitrogens with two attached hydrogens (primary N) is 1. The smallest absolute Gasteiger partial charge is 0.408 e. The van der Waals surface area contributed by atoms with E-state index in [0.717, 1.165) is 6.42 Å². The fourth-order valence-corrected chi connectivity index (χ4v) is 2.46. The predicted octanol–water partition coefficient (Wildman–Crippen LogP) is 3.77. The number of rotatable bonds is 7. The first-order valence-electron chi connectivity index (χ1n) is 10.3. The van der Waals surface area contributed by atoms with Gasteiger partial charge in [0.05, 0.1) is 0 Å². The molecule has 0 aromatic heterocycles. The zero-order valence-corrected chi connectivity index (χ0v) is 18.7. The molecule has 1 rings (SSSR count). The minimum absolute atomic E-state index is 0.196. The topological polar surface area (TPSA) is 102 Å².